The highest BCUT2D eigenvalue weighted by molar-refractivity contribution is 7.89. The number of methoxy groups -OCH3 is 1. The Hall–Kier alpha value is -3.71. The van der Waals surface area contributed by atoms with Crippen molar-refractivity contribution in [3.63, 3.8) is 0 Å². The van der Waals surface area contributed by atoms with Crippen molar-refractivity contribution >= 4 is 26.9 Å². The lowest BCUT2D eigenvalue weighted by atomic mass is 9.92. The average Bonchev–Trinajstić information content (AvgIpc) is 3.07. The number of aliphatic hydroxyl groups is 1. The maximum absolute atomic E-state index is 13.7. The van der Waals surface area contributed by atoms with E-state index in [-0.39, 0.29) is 60.8 Å². The van der Waals surface area contributed by atoms with Gasteiger partial charge in [-0.2, -0.15) is 4.31 Å². The molecule has 2 aromatic carbocycles. The summed E-state index contributed by atoms with van der Waals surface area (Å²) in [6, 6.07) is 13.0. The molecule has 2 heterocycles. The van der Waals surface area contributed by atoms with Gasteiger partial charge in [0, 0.05) is 44.1 Å². The zero-order valence-corrected chi connectivity index (χ0v) is 26.4. The summed E-state index contributed by atoms with van der Waals surface area (Å²) in [5.74, 6) is -0.243. The molecule has 2 atom stereocenters. The van der Waals surface area contributed by atoms with Crippen molar-refractivity contribution in [2.75, 3.05) is 40.5 Å². The number of allylic oxidation sites excluding steroid dienone is 1. The molecule has 3 aromatic rings. The number of amides is 1. The molecule has 0 saturated heterocycles. The lowest BCUT2D eigenvalue weighted by Crippen LogP contribution is -2.42. The molecule has 1 amide bonds. The van der Waals surface area contributed by atoms with Crippen LogP contribution in [0.4, 0.5) is 0 Å². The van der Waals surface area contributed by atoms with E-state index in [1.165, 1.54) is 25.5 Å². The smallest absolute Gasteiger partial charge is 0.288 e. The van der Waals surface area contributed by atoms with E-state index in [9.17, 15) is 23.1 Å². The van der Waals surface area contributed by atoms with Gasteiger partial charge in [-0.25, -0.2) is 8.42 Å². The van der Waals surface area contributed by atoms with Crippen LogP contribution >= 0.6 is 0 Å². The molecular formula is C33H40N2O9S. The lowest BCUT2D eigenvalue weighted by molar-refractivity contribution is -0.153. The SMILES string of the molecule is COc1ccc(S(=O)(=O)N(CCO)CCO[C@H]2C[C@@H](c3coc4ccccc4c3=O)C=C(C(=O)N(C)C3CCCCC3)O2)cc1. The van der Waals surface area contributed by atoms with E-state index in [1.807, 2.05) is 0 Å². The van der Waals surface area contributed by atoms with E-state index < -0.39 is 22.2 Å². The van der Waals surface area contributed by atoms with Crippen LogP contribution in [0.15, 0.2) is 80.7 Å². The predicted molar refractivity (Wildman–Crippen MR) is 167 cm³/mol. The Labute approximate surface area is 263 Å². The number of fused-ring (bicyclic) bond motifs is 1. The fourth-order valence-corrected chi connectivity index (χ4v) is 7.35. The van der Waals surface area contributed by atoms with Crippen LogP contribution in [0.3, 0.4) is 0 Å². The van der Waals surface area contributed by atoms with E-state index in [4.69, 9.17) is 18.6 Å². The summed E-state index contributed by atoms with van der Waals surface area (Å²) in [5.41, 5.74) is 0.636. The molecular weight excluding hydrogens is 600 g/mol. The maximum Gasteiger partial charge on any atom is 0.288 e. The van der Waals surface area contributed by atoms with Crippen LogP contribution < -0.4 is 10.2 Å². The molecule has 1 N–H and O–H groups in total. The largest absolute Gasteiger partial charge is 0.497 e. The van der Waals surface area contributed by atoms with Gasteiger partial charge in [0.2, 0.25) is 16.3 Å². The number of benzene rings is 2. The predicted octanol–water partition coefficient (Wildman–Crippen LogP) is 4.01. The molecule has 0 radical (unpaired) electrons. The molecule has 1 saturated carbocycles. The van der Waals surface area contributed by atoms with E-state index in [0.29, 0.717) is 22.3 Å². The third kappa shape index (κ3) is 7.41. The van der Waals surface area contributed by atoms with Crippen molar-refractivity contribution in [3.05, 3.63) is 82.4 Å². The lowest BCUT2D eigenvalue weighted by Gasteiger charge is -2.34. The Balaban J connectivity index is 1.36. The second kappa shape index (κ2) is 14.6. The van der Waals surface area contributed by atoms with Gasteiger partial charge in [0.05, 0.1) is 36.9 Å². The van der Waals surface area contributed by atoms with Gasteiger partial charge in [0.15, 0.2) is 11.2 Å². The van der Waals surface area contributed by atoms with Crippen LogP contribution in [0, 0.1) is 0 Å². The molecule has 0 spiro atoms. The molecule has 45 heavy (non-hydrogen) atoms. The average molecular weight is 641 g/mol. The number of para-hydroxylation sites is 1. The number of aliphatic hydroxyl groups excluding tert-OH is 1. The quantitative estimate of drug-likeness (QED) is 0.312. The van der Waals surface area contributed by atoms with Gasteiger partial charge in [0.1, 0.15) is 11.3 Å². The molecule has 1 aliphatic carbocycles. The molecule has 0 bridgehead atoms. The summed E-state index contributed by atoms with van der Waals surface area (Å²) in [6.45, 7) is -0.685. The second-order valence-corrected chi connectivity index (χ2v) is 13.3. The number of likely N-dealkylation sites (N-methyl/N-ethyl adjacent to an activating group) is 1. The van der Waals surface area contributed by atoms with Crippen molar-refractivity contribution in [2.45, 2.75) is 61.7 Å². The minimum absolute atomic E-state index is 0.0512. The van der Waals surface area contributed by atoms with Crippen LogP contribution in [0.25, 0.3) is 11.0 Å². The maximum atomic E-state index is 13.7. The normalized spacial score (nSPS) is 19.2. The van der Waals surface area contributed by atoms with Gasteiger partial charge in [-0.15, -0.1) is 0 Å². The molecule has 2 aliphatic rings. The third-order valence-electron chi connectivity index (χ3n) is 8.51. The summed E-state index contributed by atoms with van der Waals surface area (Å²) in [6.07, 6.45) is 7.43. The molecule has 242 valence electrons. The standard InChI is InChI=1S/C33H40N2O9S/c1-34(24-8-4-3-5-9-24)33(38)30-20-23(28-22-43-29-11-7-6-10-27(29)32(28)37)21-31(44-30)42-19-17-35(16-18-36)45(39,40)26-14-12-25(41-2)13-15-26/h6-7,10-15,20,22-24,31,36H,3-5,8-9,16-19,21H2,1-2H3/t23-,31+/m0/s1. The zero-order chi connectivity index (χ0) is 32.0. The molecule has 0 unspecified atom stereocenters. The highest BCUT2D eigenvalue weighted by Gasteiger charge is 2.34. The fraction of sp³-hybridized carbons (Fsp3) is 0.455. The van der Waals surface area contributed by atoms with Gasteiger partial charge >= 0.3 is 0 Å². The summed E-state index contributed by atoms with van der Waals surface area (Å²) >= 11 is 0. The molecule has 1 aliphatic heterocycles. The minimum Gasteiger partial charge on any atom is -0.497 e. The number of sulfonamides is 1. The Morgan fingerprint density at radius 2 is 1.78 bits per heavy atom. The van der Waals surface area contributed by atoms with Gasteiger partial charge in [-0.3, -0.25) is 9.59 Å². The number of carbonyl (C=O) groups is 1. The van der Waals surface area contributed by atoms with Crippen molar-refractivity contribution in [1.82, 2.24) is 9.21 Å². The topological polar surface area (TPSA) is 136 Å². The molecule has 1 fully saturated rings. The van der Waals surface area contributed by atoms with Crippen molar-refractivity contribution in [3.8, 4) is 5.75 Å². The number of rotatable bonds is 12. The third-order valence-corrected chi connectivity index (χ3v) is 10.4. The monoisotopic (exact) mass is 640 g/mol. The first-order valence-corrected chi connectivity index (χ1v) is 16.7. The molecule has 1 aromatic heterocycles. The summed E-state index contributed by atoms with van der Waals surface area (Å²) in [4.78, 5) is 28.9. The van der Waals surface area contributed by atoms with Crippen molar-refractivity contribution < 1.29 is 36.9 Å². The van der Waals surface area contributed by atoms with Gasteiger partial charge in [0.25, 0.3) is 5.91 Å². The number of carbonyl (C=O) groups excluding carboxylic acids is 1. The first-order chi connectivity index (χ1) is 21.7. The number of hydrogen-bond acceptors (Lipinski definition) is 9. The summed E-state index contributed by atoms with van der Waals surface area (Å²) in [7, 11) is -0.689. The van der Waals surface area contributed by atoms with Crippen LogP contribution in [-0.2, 0) is 24.3 Å². The first-order valence-electron chi connectivity index (χ1n) is 15.3. The van der Waals surface area contributed by atoms with E-state index >= 15 is 0 Å². The molecule has 11 nitrogen and oxygen atoms in total. The van der Waals surface area contributed by atoms with E-state index in [2.05, 4.69) is 0 Å². The highest BCUT2D eigenvalue weighted by Crippen LogP contribution is 2.33. The van der Waals surface area contributed by atoms with Crippen molar-refractivity contribution in [2.24, 2.45) is 0 Å². The van der Waals surface area contributed by atoms with Gasteiger partial charge < -0.3 is 28.6 Å². The second-order valence-electron chi connectivity index (χ2n) is 11.3. The Morgan fingerprint density at radius 3 is 2.49 bits per heavy atom. The van der Waals surface area contributed by atoms with Crippen LogP contribution in [0.5, 0.6) is 5.75 Å². The Morgan fingerprint density at radius 1 is 1.04 bits per heavy atom. The number of ether oxygens (including phenoxy) is 3. The number of hydrogen-bond donors (Lipinski definition) is 1. The minimum atomic E-state index is -3.95. The molecule has 5 rings (SSSR count). The van der Waals surface area contributed by atoms with Crippen LogP contribution in [-0.4, -0.2) is 81.4 Å². The zero-order valence-electron chi connectivity index (χ0n) is 25.6. The number of nitrogens with zero attached hydrogens (tertiary/aromatic N) is 2. The van der Waals surface area contributed by atoms with Crippen LogP contribution in [0.1, 0.15) is 50.0 Å². The Kier molecular flexibility index (Phi) is 10.6. The van der Waals surface area contributed by atoms with Gasteiger partial charge in [-0.1, -0.05) is 31.4 Å². The van der Waals surface area contributed by atoms with E-state index in [1.54, 1.807) is 54.4 Å². The van der Waals surface area contributed by atoms with E-state index in [0.717, 1.165) is 36.4 Å². The van der Waals surface area contributed by atoms with Crippen molar-refractivity contribution in [1.29, 1.82) is 0 Å². The summed E-state index contributed by atoms with van der Waals surface area (Å²) < 4.78 is 50.8. The Bertz CT molecular complexity index is 1660. The summed E-state index contributed by atoms with van der Waals surface area (Å²) in [5, 5.41) is 10.0. The van der Waals surface area contributed by atoms with Gasteiger partial charge in [-0.05, 0) is 55.3 Å². The van der Waals surface area contributed by atoms with Crippen LogP contribution in [0.2, 0.25) is 0 Å². The molecule has 12 heteroatoms. The first kappa shape index (κ1) is 32.7. The highest BCUT2D eigenvalue weighted by atomic mass is 32.2. The fourth-order valence-electron chi connectivity index (χ4n) is 5.93.